The summed E-state index contributed by atoms with van der Waals surface area (Å²) in [5.41, 5.74) is 0. The van der Waals surface area contributed by atoms with Gasteiger partial charge in [0.15, 0.2) is 0 Å². The topological polar surface area (TPSA) is 63.6 Å². The summed E-state index contributed by atoms with van der Waals surface area (Å²) in [6.07, 6.45) is 41.7. The van der Waals surface area contributed by atoms with Crippen LogP contribution in [-0.2, 0) is 14.3 Å². The lowest BCUT2D eigenvalue weighted by Gasteiger charge is -2.12. The van der Waals surface area contributed by atoms with Crippen LogP contribution in [0, 0.1) is 5.92 Å². The first-order valence-electron chi connectivity index (χ1n) is 17.8. The molecule has 0 aliphatic carbocycles. The van der Waals surface area contributed by atoms with Crippen molar-refractivity contribution in [2.24, 2.45) is 5.92 Å². The van der Waals surface area contributed by atoms with Crippen LogP contribution in [-0.4, -0.2) is 23.7 Å². The number of rotatable bonds is 33. The first kappa shape index (κ1) is 39.4. The van der Waals surface area contributed by atoms with Crippen LogP contribution in [0.1, 0.15) is 187 Å². The highest BCUT2D eigenvalue weighted by atomic mass is 16.5. The maximum atomic E-state index is 12.0. The smallest absolute Gasteiger partial charge is 0.309 e. The molecule has 41 heavy (non-hydrogen) atoms. The summed E-state index contributed by atoms with van der Waals surface area (Å²) in [7, 11) is 0. The number of unbranched alkanes of at least 4 members (excludes halogenated alkanes) is 24. The minimum Gasteiger partial charge on any atom is -0.481 e. The van der Waals surface area contributed by atoms with Gasteiger partial charge in [0.05, 0.1) is 12.3 Å². The van der Waals surface area contributed by atoms with Gasteiger partial charge >= 0.3 is 11.9 Å². The Morgan fingerprint density at radius 1 is 0.610 bits per heavy atom. The van der Waals surface area contributed by atoms with Crippen molar-refractivity contribution in [2.45, 2.75) is 187 Å². The van der Waals surface area contributed by atoms with Crippen molar-refractivity contribution < 1.29 is 19.4 Å². The molecule has 0 aliphatic rings. The number of carboxylic acid groups (broad SMARTS) is 1. The Hall–Kier alpha value is -1.58. The molecule has 0 amide bonds. The standard InChI is InChI=1S/C37H68O4/c1-3-5-6-7-8-9-10-11-12-13-14-15-16-17-18-19-20-21-22-23-24-25-26-27-28-29-30-31-32-35(34-36(38)39)37(40)41-33-4-2/h4,29-30,35H,2-3,5-28,31-34H2,1H3,(H,38,39)/b30-29+. The number of allylic oxidation sites excluding steroid dienone is 2. The van der Waals surface area contributed by atoms with Crippen molar-refractivity contribution in [1.82, 2.24) is 0 Å². The second-order valence-electron chi connectivity index (χ2n) is 12.2. The van der Waals surface area contributed by atoms with E-state index in [1.165, 1.54) is 160 Å². The van der Waals surface area contributed by atoms with Gasteiger partial charge in [0.1, 0.15) is 6.61 Å². The van der Waals surface area contributed by atoms with E-state index in [4.69, 9.17) is 9.84 Å². The predicted octanol–water partition coefficient (Wildman–Crippen LogP) is 11.9. The van der Waals surface area contributed by atoms with Crippen molar-refractivity contribution in [1.29, 1.82) is 0 Å². The fraction of sp³-hybridized carbons (Fsp3) is 0.838. The minimum absolute atomic E-state index is 0.129. The van der Waals surface area contributed by atoms with Gasteiger partial charge in [-0.1, -0.05) is 179 Å². The summed E-state index contributed by atoms with van der Waals surface area (Å²) in [4.78, 5) is 23.0. The van der Waals surface area contributed by atoms with Crippen LogP contribution in [0.5, 0.6) is 0 Å². The minimum atomic E-state index is -0.963. The van der Waals surface area contributed by atoms with Gasteiger partial charge in [-0.3, -0.25) is 9.59 Å². The summed E-state index contributed by atoms with van der Waals surface area (Å²) in [5, 5.41) is 9.02. The molecule has 1 unspecified atom stereocenters. The first-order valence-corrected chi connectivity index (χ1v) is 17.8. The van der Waals surface area contributed by atoms with Crippen molar-refractivity contribution in [3.05, 3.63) is 24.8 Å². The molecule has 240 valence electrons. The zero-order chi connectivity index (χ0) is 30.1. The van der Waals surface area contributed by atoms with E-state index in [1.807, 2.05) is 0 Å². The number of carbonyl (C=O) groups excluding carboxylic acids is 1. The highest BCUT2D eigenvalue weighted by molar-refractivity contribution is 5.79. The van der Waals surface area contributed by atoms with Gasteiger partial charge in [0, 0.05) is 0 Å². The zero-order valence-corrected chi connectivity index (χ0v) is 27.2. The number of hydrogen-bond acceptors (Lipinski definition) is 3. The molecule has 0 aromatic rings. The SMILES string of the molecule is C=CCOC(=O)C(CC/C=C/CCCCCCCCCCCCCCCCCCCCCCCCCC)CC(=O)O. The van der Waals surface area contributed by atoms with Gasteiger partial charge in [-0.25, -0.2) is 0 Å². The molecule has 0 spiro atoms. The van der Waals surface area contributed by atoms with Crippen LogP contribution in [0.2, 0.25) is 0 Å². The first-order chi connectivity index (χ1) is 20.1. The second kappa shape index (κ2) is 32.9. The average Bonchev–Trinajstić information content (AvgIpc) is 2.96. The maximum absolute atomic E-state index is 12.0. The lowest BCUT2D eigenvalue weighted by molar-refractivity contribution is -0.152. The predicted molar refractivity (Wildman–Crippen MR) is 176 cm³/mol. The van der Waals surface area contributed by atoms with Gasteiger partial charge < -0.3 is 9.84 Å². The molecule has 1 N–H and O–H groups in total. The molecule has 4 heteroatoms. The zero-order valence-electron chi connectivity index (χ0n) is 27.2. The fourth-order valence-electron chi connectivity index (χ4n) is 5.53. The summed E-state index contributed by atoms with van der Waals surface area (Å²) < 4.78 is 5.02. The molecule has 0 bridgehead atoms. The lowest BCUT2D eigenvalue weighted by atomic mass is 9.99. The van der Waals surface area contributed by atoms with Crippen LogP contribution < -0.4 is 0 Å². The molecule has 4 nitrogen and oxygen atoms in total. The van der Waals surface area contributed by atoms with E-state index in [-0.39, 0.29) is 13.0 Å². The normalized spacial score (nSPS) is 12.1. The van der Waals surface area contributed by atoms with Crippen LogP contribution in [0.3, 0.4) is 0 Å². The maximum Gasteiger partial charge on any atom is 0.309 e. The van der Waals surface area contributed by atoms with Crippen LogP contribution >= 0.6 is 0 Å². The Bertz CT molecular complexity index is 612. The van der Waals surface area contributed by atoms with Gasteiger partial charge in [0.25, 0.3) is 0 Å². The molecular weight excluding hydrogens is 508 g/mol. The van der Waals surface area contributed by atoms with Crippen LogP contribution in [0.25, 0.3) is 0 Å². The molecule has 1 atom stereocenters. The second-order valence-corrected chi connectivity index (χ2v) is 12.2. The monoisotopic (exact) mass is 577 g/mol. The van der Waals surface area contributed by atoms with E-state index in [9.17, 15) is 9.59 Å². The molecule has 0 aromatic carbocycles. The number of aliphatic carboxylic acids is 1. The Morgan fingerprint density at radius 2 is 0.976 bits per heavy atom. The molecule has 0 saturated heterocycles. The molecule has 0 radical (unpaired) electrons. The Morgan fingerprint density at radius 3 is 1.34 bits per heavy atom. The number of carboxylic acids is 1. The molecule has 0 fully saturated rings. The largest absolute Gasteiger partial charge is 0.481 e. The van der Waals surface area contributed by atoms with Gasteiger partial charge in [-0.2, -0.15) is 0 Å². The molecule has 0 aliphatic heterocycles. The number of hydrogen-bond donors (Lipinski definition) is 1. The Balaban J connectivity index is 3.34. The lowest BCUT2D eigenvalue weighted by Crippen LogP contribution is -2.21. The third-order valence-electron chi connectivity index (χ3n) is 8.17. The van der Waals surface area contributed by atoms with Crippen molar-refractivity contribution >= 4 is 11.9 Å². The van der Waals surface area contributed by atoms with E-state index < -0.39 is 17.9 Å². The Labute approximate surface area is 255 Å². The fourth-order valence-corrected chi connectivity index (χ4v) is 5.53. The van der Waals surface area contributed by atoms with Gasteiger partial charge in [-0.15, -0.1) is 0 Å². The van der Waals surface area contributed by atoms with E-state index in [0.29, 0.717) is 12.8 Å². The third kappa shape index (κ3) is 31.2. The number of carbonyl (C=O) groups is 2. The molecule has 0 heterocycles. The van der Waals surface area contributed by atoms with E-state index >= 15 is 0 Å². The van der Waals surface area contributed by atoms with Gasteiger partial charge in [0.2, 0.25) is 0 Å². The summed E-state index contributed by atoms with van der Waals surface area (Å²) in [5.74, 6) is -1.98. The van der Waals surface area contributed by atoms with Crippen molar-refractivity contribution in [2.75, 3.05) is 6.61 Å². The molecule has 0 saturated carbocycles. The quantitative estimate of drug-likeness (QED) is 0.0479. The third-order valence-corrected chi connectivity index (χ3v) is 8.17. The highest BCUT2D eigenvalue weighted by Crippen LogP contribution is 2.17. The van der Waals surface area contributed by atoms with E-state index in [1.54, 1.807) is 0 Å². The summed E-state index contributed by atoms with van der Waals surface area (Å²) in [6, 6.07) is 0. The van der Waals surface area contributed by atoms with Gasteiger partial charge in [-0.05, 0) is 25.7 Å². The van der Waals surface area contributed by atoms with Crippen molar-refractivity contribution in [3.63, 3.8) is 0 Å². The van der Waals surface area contributed by atoms with E-state index in [0.717, 1.165) is 6.42 Å². The number of esters is 1. The van der Waals surface area contributed by atoms with E-state index in [2.05, 4.69) is 25.7 Å². The van der Waals surface area contributed by atoms with Crippen LogP contribution in [0.4, 0.5) is 0 Å². The Kier molecular flexibility index (Phi) is 31.7. The summed E-state index contributed by atoms with van der Waals surface area (Å²) >= 11 is 0. The molecule has 0 rings (SSSR count). The molecule has 0 aromatic heterocycles. The average molecular weight is 577 g/mol. The summed E-state index contributed by atoms with van der Waals surface area (Å²) in [6.45, 7) is 5.94. The molecular formula is C37H68O4. The van der Waals surface area contributed by atoms with Crippen molar-refractivity contribution in [3.8, 4) is 0 Å². The van der Waals surface area contributed by atoms with Crippen LogP contribution in [0.15, 0.2) is 24.8 Å². The highest BCUT2D eigenvalue weighted by Gasteiger charge is 2.22. The number of ether oxygens (including phenoxy) is 1.